The number of rotatable bonds is 6. The van der Waals surface area contributed by atoms with Crippen molar-refractivity contribution in [3.8, 4) is 0 Å². The van der Waals surface area contributed by atoms with Gasteiger partial charge < -0.3 is 19.5 Å². The fraction of sp³-hybridized carbons (Fsp3) is 0.474. The second-order valence-corrected chi connectivity index (χ2v) is 7.70. The van der Waals surface area contributed by atoms with Gasteiger partial charge in [0.05, 0.1) is 22.9 Å². The number of hydrogen-bond acceptors (Lipinski definition) is 5. The smallest absolute Gasteiger partial charge is 0.383 e. The molecule has 2 atom stereocenters. The topological polar surface area (TPSA) is 67.6 Å². The molecule has 1 saturated heterocycles. The summed E-state index contributed by atoms with van der Waals surface area (Å²) in [5.74, 6) is 1.06. The van der Waals surface area contributed by atoms with Crippen molar-refractivity contribution in [3.63, 3.8) is 0 Å². The van der Waals surface area contributed by atoms with Crippen LogP contribution in [0.5, 0.6) is 0 Å². The Morgan fingerprint density at radius 1 is 1.34 bits per heavy atom. The SMILES string of the molecule is COCCNc1cc(C2C3CN(C(=O)c4ccc(C(F)(F)F)c(Cl)c4)CC32)no1. The minimum Gasteiger partial charge on any atom is -0.383 e. The van der Waals surface area contributed by atoms with Gasteiger partial charge >= 0.3 is 6.18 Å². The Kier molecular flexibility index (Phi) is 5.20. The van der Waals surface area contributed by atoms with E-state index in [0.717, 1.165) is 17.8 Å². The van der Waals surface area contributed by atoms with Gasteiger partial charge in [0, 0.05) is 44.3 Å². The summed E-state index contributed by atoms with van der Waals surface area (Å²) in [6, 6.07) is 4.97. The van der Waals surface area contributed by atoms with Crippen molar-refractivity contribution in [2.45, 2.75) is 12.1 Å². The van der Waals surface area contributed by atoms with Crippen molar-refractivity contribution in [1.29, 1.82) is 0 Å². The van der Waals surface area contributed by atoms with Crippen LogP contribution in [0.1, 0.15) is 27.5 Å². The molecule has 2 unspecified atom stereocenters. The Bertz CT molecular complexity index is 906. The Labute approximate surface area is 169 Å². The molecule has 0 spiro atoms. The van der Waals surface area contributed by atoms with E-state index >= 15 is 0 Å². The highest BCUT2D eigenvalue weighted by atomic mass is 35.5. The molecule has 0 radical (unpaired) electrons. The number of halogens is 4. The average molecular weight is 430 g/mol. The summed E-state index contributed by atoms with van der Waals surface area (Å²) >= 11 is 5.73. The third-order valence-corrected chi connectivity index (χ3v) is 5.79. The summed E-state index contributed by atoms with van der Waals surface area (Å²) < 4.78 is 48.7. The third-order valence-electron chi connectivity index (χ3n) is 5.48. The lowest BCUT2D eigenvalue weighted by molar-refractivity contribution is -0.137. The van der Waals surface area contributed by atoms with Crippen molar-refractivity contribution in [1.82, 2.24) is 10.1 Å². The second kappa shape index (κ2) is 7.53. The van der Waals surface area contributed by atoms with Gasteiger partial charge in [-0.2, -0.15) is 13.2 Å². The van der Waals surface area contributed by atoms with E-state index in [2.05, 4.69) is 10.5 Å². The van der Waals surface area contributed by atoms with Crippen molar-refractivity contribution < 1.29 is 27.2 Å². The third kappa shape index (κ3) is 3.93. The number of methoxy groups -OCH3 is 1. The minimum atomic E-state index is -4.55. The van der Waals surface area contributed by atoms with E-state index in [1.807, 2.05) is 6.07 Å². The fourth-order valence-corrected chi connectivity index (χ4v) is 4.28. The predicted octanol–water partition coefficient (Wildman–Crippen LogP) is 3.89. The molecule has 1 amide bonds. The first-order valence-electron chi connectivity index (χ1n) is 9.15. The van der Waals surface area contributed by atoms with Crippen LogP contribution in [0.25, 0.3) is 0 Å². The lowest BCUT2D eigenvalue weighted by atomic mass is 10.1. The van der Waals surface area contributed by atoms with Gasteiger partial charge in [0.25, 0.3) is 5.91 Å². The number of piperidine rings is 1. The Balaban J connectivity index is 1.36. The van der Waals surface area contributed by atoms with Crippen LogP contribution in [0.3, 0.4) is 0 Å². The van der Waals surface area contributed by atoms with Crippen LogP contribution in [-0.2, 0) is 10.9 Å². The van der Waals surface area contributed by atoms with Gasteiger partial charge in [0.2, 0.25) is 5.88 Å². The van der Waals surface area contributed by atoms with Crippen LogP contribution < -0.4 is 5.32 Å². The van der Waals surface area contributed by atoms with E-state index in [4.69, 9.17) is 20.9 Å². The van der Waals surface area contributed by atoms with E-state index in [1.165, 1.54) is 6.07 Å². The summed E-state index contributed by atoms with van der Waals surface area (Å²) in [7, 11) is 1.62. The number of carbonyl (C=O) groups excluding carboxylic acids is 1. The first-order valence-corrected chi connectivity index (χ1v) is 9.53. The number of carbonyl (C=O) groups is 1. The molecule has 2 fully saturated rings. The average Bonchev–Trinajstić information content (AvgIpc) is 3.02. The number of benzene rings is 1. The molecule has 2 aromatic rings. The van der Waals surface area contributed by atoms with Crippen LogP contribution in [0.4, 0.5) is 19.1 Å². The van der Waals surface area contributed by atoms with Crippen LogP contribution in [-0.4, -0.2) is 49.3 Å². The van der Waals surface area contributed by atoms with E-state index in [1.54, 1.807) is 12.0 Å². The highest BCUT2D eigenvalue weighted by Crippen LogP contribution is 2.58. The fourth-order valence-electron chi connectivity index (χ4n) is 4.00. The van der Waals surface area contributed by atoms with E-state index in [-0.39, 0.29) is 29.2 Å². The highest BCUT2D eigenvalue weighted by molar-refractivity contribution is 6.31. The summed E-state index contributed by atoms with van der Waals surface area (Å²) in [6.07, 6.45) is -4.55. The Hall–Kier alpha value is -2.26. The second-order valence-electron chi connectivity index (χ2n) is 7.29. The standard InChI is InChI=1S/C19H19ClF3N3O3/c1-28-5-4-24-16-7-15(25-29-16)17-11-8-26(9-12(11)17)18(27)10-2-3-13(14(20)6-10)19(21,22)23/h2-3,6-7,11-12,17,24H,4-5,8-9H2,1H3. The van der Waals surface area contributed by atoms with Gasteiger partial charge in [-0.1, -0.05) is 16.8 Å². The number of amides is 1. The molecule has 156 valence electrons. The van der Waals surface area contributed by atoms with Crippen LogP contribution in [0.15, 0.2) is 28.8 Å². The number of nitrogens with one attached hydrogen (secondary N) is 1. The number of aromatic nitrogens is 1. The van der Waals surface area contributed by atoms with E-state index in [0.29, 0.717) is 32.1 Å². The Morgan fingerprint density at radius 3 is 2.69 bits per heavy atom. The normalized spacial score (nSPS) is 23.2. The molecule has 1 saturated carbocycles. The monoisotopic (exact) mass is 429 g/mol. The van der Waals surface area contributed by atoms with Crippen LogP contribution in [0, 0.1) is 11.8 Å². The molecule has 10 heteroatoms. The van der Waals surface area contributed by atoms with Crippen molar-refractivity contribution in [2.75, 3.05) is 38.7 Å². The number of fused-ring (bicyclic) bond motifs is 1. The molecule has 2 heterocycles. The maximum atomic E-state index is 12.8. The molecular formula is C19H19ClF3N3O3. The first-order chi connectivity index (χ1) is 13.8. The quantitative estimate of drug-likeness (QED) is 0.706. The van der Waals surface area contributed by atoms with Crippen LogP contribution in [0.2, 0.25) is 5.02 Å². The molecule has 29 heavy (non-hydrogen) atoms. The number of likely N-dealkylation sites (tertiary alicyclic amines) is 1. The maximum absolute atomic E-state index is 12.8. The molecule has 1 aromatic heterocycles. The zero-order chi connectivity index (χ0) is 20.8. The largest absolute Gasteiger partial charge is 0.417 e. The van der Waals surface area contributed by atoms with Gasteiger partial charge in [-0.05, 0) is 30.0 Å². The Morgan fingerprint density at radius 2 is 2.07 bits per heavy atom. The molecule has 0 bridgehead atoms. The number of ether oxygens (including phenoxy) is 1. The molecule has 1 aromatic carbocycles. The molecule has 1 aliphatic heterocycles. The van der Waals surface area contributed by atoms with Gasteiger partial charge in [-0.3, -0.25) is 4.79 Å². The molecular weight excluding hydrogens is 411 g/mol. The van der Waals surface area contributed by atoms with Gasteiger partial charge in [0.1, 0.15) is 0 Å². The van der Waals surface area contributed by atoms with Gasteiger partial charge in [-0.15, -0.1) is 0 Å². The van der Waals surface area contributed by atoms with Crippen molar-refractivity contribution in [2.24, 2.45) is 11.8 Å². The highest BCUT2D eigenvalue weighted by Gasteiger charge is 2.58. The summed E-state index contributed by atoms with van der Waals surface area (Å²) in [6.45, 7) is 2.23. The lowest BCUT2D eigenvalue weighted by Gasteiger charge is -2.20. The number of anilines is 1. The zero-order valence-electron chi connectivity index (χ0n) is 15.5. The molecule has 4 rings (SSSR count). The molecule has 2 aliphatic rings. The van der Waals surface area contributed by atoms with Crippen LogP contribution >= 0.6 is 11.6 Å². The van der Waals surface area contributed by atoms with Gasteiger partial charge in [0.15, 0.2) is 0 Å². The molecule has 1 N–H and O–H groups in total. The van der Waals surface area contributed by atoms with E-state index in [9.17, 15) is 18.0 Å². The van der Waals surface area contributed by atoms with Crippen molar-refractivity contribution >= 4 is 23.4 Å². The maximum Gasteiger partial charge on any atom is 0.417 e. The molecule has 1 aliphatic carbocycles. The summed E-state index contributed by atoms with van der Waals surface area (Å²) in [4.78, 5) is 14.3. The number of nitrogens with zero attached hydrogens (tertiary/aromatic N) is 2. The molecule has 6 nitrogen and oxygen atoms in total. The minimum absolute atomic E-state index is 0.159. The predicted molar refractivity (Wildman–Crippen MR) is 98.9 cm³/mol. The van der Waals surface area contributed by atoms with Crippen molar-refractivity contribution in [3.05, 3.63) is 46.1 Å². The zero-order valence-corrected chi connectivity index (χ0v) is 16.3. The van der Waals surface area contributed by atoms with E-state index < -0.39 is 16.8 Å². The lowest BCUT2D eigenvalue weighted by Crippen LogP contribution is -2.31. The summed E-state index contributed by atoms with van der Waals surface area (Å²) in [5, 5.41) is 6.71. The first kappa shape index (κ1) is 20.0. The van der Waals surface area contributed by atoms with Gasteiger partial charge in [-0.25, -0.2) is 0 Å². The number of alkyl halides is 3. The number of hydrogen-bond donors (Lipinski definition) is 1. The summed E-state index contributed by atoms with van der Waals surface area (Å²) in [5.41, 5.74) is 0.0671.